The molecular weight excluding hydrogens is 350 g/mol. The van der Waals surface area contributed by atoms with E-state index in [1.165, 1.54) is 0 Å². The second kappa shape index (κ2) is 8.06. The summed E-state index contributed by atoms with van der Waals surface area (Å²) in [5.41, 5.74) is 0.648. The summed E-state index contributed by atoms with van der Waals surface area (Å²) in [5.74, 6) is -2.46. The molecule has 0 saturated heterocycles. The van der Waals surface area contributed by atoms with Crippen molar-refractivity contribution in [3.63, 3.8) is 0 Å². The maximum absolute atomic E-state index is 13.9. The van der Waals surface area contributed by atoms with E-state index in [0.717, 1.165) is 24.0 Å². The van der Waals surface area contributed by atoms with Crippen LogP contribution in [-0.2, 0) is 21.2 Å². The largest absolute Gasteiger partial charge is 0.354 e. The molecule has 2 rings (SSSR count). The number of amides is 1. The van der Waals surface area contributed by atoms with E-state index in [2.05, 4.69) is 5.32 Å². The third kappa shape index (κ3) is 5.53. The Kier molecular flexibility index (Phi) is 6.08. The van der Waals surface area contributed by atoms with Gasteiger partial charge in [0.2, 0.25) is 15.9 Å². The molecule has 0 fully saturated rings. The molecule has 5 nitrogen and oxygen atoms in total. The van der Waals surface area contributed by atoms with E-state index >= 15 is 0 Å². The van der Waals surface area contributed by atoms with Crippen molar-refractivity contribution in [1.82, 2.24) is 5.32 Å². The number of nitrogens with zero attached hydrogens (tertiary/aromatic N) is 1. The number of hydrogen-bond acceptors (Lipinski definition) is 3. The molecule has 1 amide bonds. The molecule has 0 bridgehead atoms. The Morgan fingerprint density at radius 3 is 2.40 bits per heavy atom. The van der Waals surface area contributed by atoms with E-state index in [9.17, 15) is 22.0 Å². The number of anilines is 1. The average Bonchev–Trinajstić information content (AvgIpc) is 2.53. The van der Waals surface area contributed by atoms with E-state index < -0.39 is 34.1 Å². The molecule has 0 aliphatic rings. The summed E-state index contributed by atoms with van der Waals surface area (Å²) >= 11 is 0. The van der Waals surface area contributed by atoms with E-state index in [4.69, 9.17) is 0 Å². The fourth-order valence-corrected chi connectivity index (χ4v) is 3.10. The zero-order chi connectivity index (χ0) is 18.4. The molecule has 0 atom stereocenters. The Morgan fingerprint density at radius 1 is 1.12 bits per heavy atom. The van der Waals surface area contributed by atoms with E-state index in [1.54, 1.807) is 0 Å². The monoisotopic (exact) mass is 368 g/mol. The van der Waals surface area contributed by atoms with E-state index in [1.807, 2.05) is 30.3 Å². The van der Waals surface area contributed by atoms with Crippen LogP contribution in [-0.4, -0.2) is 33.7 Å². The lowest BCUT2D eigenvalue weighted by molar-refractivity contribution is -0.119. The molecular formula is C17H18F2N2O3S. The van der Waals surface area contributed by atoms with Crippen molar-refractivity contribution in [2.24, 2.45) is 0 Å². The highest BCUT2D eigenvalue weighted by atomic mass is 32.2. The lowest BCUT2D eigenvalue weighted by Gasteiger charge is -2.22. The van der Waals surface area contributed by atoms with Gasteiger partial charge in [0, 0.05) is 12.6 Å². The van der Waals surface area contributed by atoms with Gasteiger partial charge in [-0.1, -0.05) is 30.3 Å². The number of benzene rings is 2. The average molecular weight is 368 g/mol. The number of nitrogens with one attached hydrogen (secondary N) is 1. The smallest absolute Gasteiger partial charge is 0.240 e. The molecule has 0 aromatic heterocycles. The van der Waals surface area contributed by atoms with Gasteiger partial charge in [0.15, 0.2) is 0 Å². The predicted octanol–water partition coefficient (Wildman–Crippen LogP) is 2.09. The Hall–Kier alpha value is -2.48. The summed E-state index contributed by atoms with van der Waals surface area (Å²) in [6.45, 7) is -0.275. The predicted molar refractivity (Wildman–Crippen MR) is 91.7 cm³/mol. The van der Waals surface area contributed by atoms with Crippen LogP contribution in [0.25, 0.3) is 0 Å². The highest BCUT2D eigenvalue weighted by molar-refractivity contribution is 7.92. The second-order valence-electron chi connectivity index (χ2n) is 5.45. The van der Waals surface area contributed by atoms with Crippen molar-refractivity contribution in [3.8, 4) is 0 Å². The van der Waals surface area contributed by atoms with Crippen molar-refractivity contribution in [3.05, 3.63) is 65.7 Å². The molecule has 2 aromatic carbocycles. The van der Waals surface area contributed by atoms with Crippen molar-refractivity contribution in [2.75, 3.05) is 23.7 Å². The van der Waals surface area contributed by atoms with Gasteiger partial charge >= 0.3 is 0 Å². The molecule has 0 heterocycles. The Labute approximate surface area is 145 Å². The molecule has 0 unspecified atom stereocenters. The number of hydrogen-bond donors (Lipinski definition) is 1. The molecule has 0 radical (unpaired) electrons. The van der Waals surface area contributed by atoms with Gasteiger partial charge in [0.1, 0.15) is 18.2 Å². The number of rotatable bonds is 7. The summed E-state index contributed by atoms with van der Waals surface area (Å²) in [6, 6.07) is 11.9. The number of carbonyl (C=O) groups excluding carboxylic acids is 1. The first-order valence-electron chi connectivity index (χ1n) is 7.51. The van der Waals surface area contributed by atoms with Gasteiger partial charge in [-0.05, 0) is 24.1 Å². The van der Waals surface area contributed by atoms with Crippen LogP contribution in [0, 0.1) is 11.6 Å². The zero-order valence-electron chi connectivity index (χ0n) is 13.6. The standard InChI is InChI=1S/C17H18F2N2O3S/c1-25(23,24)21(16-8-7-14(18)11-15(16)19)12-17(22)20-10-9-13-5-3-2-4-6-13/h2-8,11H,9-10,12H2,1H3,(H,20,22). The first-order valence-corrected chi connectivity index (χ1v) is 9.35. The molecule has 0 saturated carbocycles. The fraction of sp³-hybridized carbons (Fsp3) is 0.235. The van der Waals surface area contributed by atoms with Gasteiger partial charge in [-0.15, -0.1) is 0 Å². The second-order valence-corrected chi connectivity index (χ2v) is 7.36. The van der Waals surface area contributed by atoms with Crippen LogP contribution in [0.2, 0.25) is 0 Å². The van der Waals surface area contributed by atoms with Gasteiger partial charge < -0.3 is 5.32 Å². The first-order chi connectivity index (χ1) is 11.8. The van der Waals surface area contributed by atoms with Crippen molar-refractivity contribution < 1.29 is 22.0 Å². The van der Waals surface area contributed by atoms with Crippen LogP contribution in [0.15, 0.2) is 48.5 Å². The van der Waals surface area contributed by atoms with Crippen LogP contribution in [0.5, 0.6) is 0 Å². The molecule has 0 aliphatic carbocycles. The third-order valence-electron chi connectivity index (χ3n) is 3.44. The van der Waals surface area contributed by atoms with Crippen molar-refractivity contribution >= 4 is 21.6 Å². The Bertz CT molecular complexity index is 842. The summed E-state index contributed by atoms with van der Waals surface area (Å²) < 4.78 is 51.3. The van der Waals surface area contributed by atoms with Gasteiger partial charge in [-0.25, -0.2) is 17.2 Å². The lowest BCUT2D eigenvalue weighted by Crippen LogP contribution is -2.41. The summed E-state index contributed by atoms with van der Waals surface area (Å²) in [4.78, 5) is 12.0. The highest BCUT2D eigenvalue weighted by Gasteiger charge is 2.23. The number of sulfonamides is 1. The van der Waals surface area contributed by atoms with Crippen LogP contribution < -0.4 is 9.62 Å². The summed E-state index contributed by atoms with van der Waals surface area (Å²) in [6.07, 6.45) is 1.43. The lowest BCUT2D eigenvalue weighted by atomic mass is 10.1. The van der Waals surface area contributed by atoms with Crippen molar-refractivity contribution in [1.29, 1.82) is 0 Å². The quantitative estimate of drug-likeness (QED) is 0.814. The van der Waals surface area contributed by atoms with E-state index in [-0.39, 0.29) is 5.69 Å². The third-order valence-corrected chi connectivity index (χ3v) is 4.57. The van der Waals surface area contributed by atoms with Crippen molar-refractivity contribution in [2.45, 2.75) is 6.42 Å². The van der Waals surface area contributed by atoms with Gasteiger partial charge in [-0.2, -0.15) is 0 Å². The molecule has 134 valence electrons. The maximum atomic E-state index is 13.9. The van der Waals surface area contributed by atoms with Crippen LogP contribution >= 0.6 is 0 Å². The van der Waals surface area contributed by atoms with Gasteiger partial charge in [-0.3, -0.25) is 9.10 Å². The van der Waals surface area contributed by atoms with Crippen LogP contribution in [0.1, 0.15) is 5.56 Å². The molecule has 0 spiro atoms. The molecule has 0 aliphatic heterocycles. The molecule has 1 N–H and O–H groups in total. The summed E-state index contributed by atoms with van der Waals surface area (Å²) in [7, 11) is -3.92. The molecule has 2 aromatic rings. The maximum Gasteiger partial charge on any atom is 0.240 e. The van der Waals surface area contributed by atoms with Crippen LogP contribution in [0.3, 0.4) is 0 Å². The number of carbonyl (C=O) groups is 1. The van der Waals surface area contributed by atoms with Crippen LogP contribution in [0.4, 0.5) is 14.5 Å². The first kappa shape index (κ1) is 18.9. The minimum atomic E-state index is -3.92. The highest BCUT2D eigenvalue weighted by Crippen LogP contribution is 2.22. The molecule has 8 heteroatoms. The fourth-order valence-electron chi connectivity index (χ4n) is 2.24. The van der Waals surface area contributed by atoms with E-state index in [0.29, 0.717) is 23.3 Å². The van der Waals surface area contributed by atoms with Gasteiger partial charge in [0.05, 0.1) is 11.9 Å². The Balaban J connectivity index is 2.03. The number of halogens is 2. The SMILES string of the molecule is CS(=O)(=O)N(CC(=O)NCCc1ccccc1)c1ccc(F)cc1F. The summed E-state index contributed by atoms with van der Waals surface area (Å²) in [5, 5.41) is 2.59. The Morgan fingerprint density at radius 2 is 1.80 bits per heavy atom. The normalized spacial score (nSPS) is 11.2. The topological polar surface area (TPSA) is 66.5 Å². The minimum Gasteiger partial charge on any atom is -0.354 e. The van der Waals surface area contributed by atoms with Gasteiger partial charge in [0.25, 0.3) is 0 Å². The molecule has 25 heavy (non-hydrogen) atoms. The zero-order valence-corrected chi connectivity index (χ0v) is 14.4. The minimum absolute atomic E-state index is 0.312.